The van der Waals surface area contributed by atoms with Crippen LogP contribution in [0.2, 0.25) is 0 Å². The van der Waals surface area contributed by atoms with Gasteiger partial charge in [-0.3, -0.25) is 9.89 Å². The van der Waals surface area contributed by atoms with Gasteiger partial charge in [-0.15, -0.1) is 0 Å². The van der Waals surface area contributed by atoms with Crippen LogP contribution in [0.4, 0.5) is 5.69 Å². The van der Waals surface area contributed by atoms with Crippen LogP contribution in [0.3, 0.4) is 0 Å². The number of carbonyl (C=O) groups excluding carboxylic acids is 1. The molecule has 0 bridgehead atoms. The Hall–Kier alpha value is -2.19. The van der Waals surface area contributed by atoms with Crippen LogP contribution in [0, 0.1) is 27.7 Å². The third-order valence-electron chi connectivity index (χ3n) is 3.76. The summed E-state index contributed by atoms with van der Waals surface area (Å²) in [7, 11) is -2.41. The predicted octanol–water partition coefficient (Wildman–Crippen LogP) is 1.90. The summed E-state index contributed by atoms with van der Waals surface area (Å²) in [4.78, 5) is 12.3. The number of H-pyrrole nitrogens is 1. The summed E-state index contributed by atoms with van der Waals surface area (Å²) in [5, 5.41) is 9.31. The quantitative estimate of drug-likeness (QED) is 0.861. The molecule has 0 aliphatic heterocycles. The van der Waals surface area contributed by atoms with Crippen molar-refractivity contribution in [1.82, 2.24) is 14.5 Å². The number of aromatic nitrogens is 2. The van der Waals surface area contributed by atoms with Crippen molar-refractivity contribution in [1.29, 1.82) is 0 Å². The van der Waals surface area contributed by atoms with Crippen LogP contribution >= 0.6 is 0 Å². The van der Waals surface area contributed by atoms with Crippen molar-refractivity contribution in [2.45, 2.75) is 32.6 Å². The third kappa shape index (κ3) is 3.65. The number of carbonyl (C=O) groups is 1. The summed E-state index contributed by atoms with van der Waals surface area (Å²) in [5.41, 5.74) is 3.45. The van der Waals surface area contributed by atoms with Crippen molar-refractivity contribution >= 4 is 21.6 Å². The first-order valence-corrected chi connectivity index (χ1v) is 8.92. The summed E-state index contributed by atoms with van der Waals surface area (Å²) in [6.07, 6.45) is 0. The van der Waals surface area contributed by atoms with Crippen molar-refractivity contribution in [2.75, 3.05) is 18.9 Å². The Morgan fingerprint density at radius 3 is 2.50 bits per heavy atom. The molecule has 2 aromatic rings. The molecule has 0 atom stereocenters. The fourth-order valence-corrected chi connectivity index (χ4v) is 3.87. The molecule has 1 heterocycles. The largest absolute Gasteiger partial charge is 0.325 e. The maximum Gasteiger partial charge on any atom is 0.246 e. The summed E-state index contributed by atoms with van der Waals surface area (Å²) in [5.74, 6) is -0.395. The number of likely N-dealkylation sites (N-methyl/N-ethyl adjacent to an activating group) is 1. The lowest BCUT2D eigenvalue weighted by Gasteiger charge is -2.17. The smallest absolute Gasteiger partial charge is 0.246 e. The number of hydrogen-bond donors (Lipinski definition) is 2. The molecule has 0 saturated carbocycles. The number of rotatable bonds is 5. The second-order valence-corrected chi connectivity index (χ2v) is 7.87. The maximum atomic E-state index is 12.6. The predicted molar refractivity (Wildman–Crippen MR) is 92.4 cm³/mol. The Kier molecular flexibility index (Phi) is 5.10. The highest BCUT2D eigenvalue weighted by atomic mass is 32.2. The highest BCUT2D eigenvalue weighted by Gasteiger charge is 2.28. The topological polar surface area (TPSA) is 95.2 Å². The van der Waals surface area contributed by atoms with Crippen LogP contribution in [0.15, 0.2) is 23.1 Å². The maximum absolute atomic E-state index is 12.6. The van der Waals surface area contributed by atoms with Crippen LogP contribution in [-0.4, -0.2) is 42.4 Å². The minimum absolute atomic E-state index is 0.115. The van der Waals surface area contributed by atoms with Gasteiger partial charge in [-0.05, 0) is 44.9 Å². The lowest BCUT2D eigenvalue weighted by atomic mass is 10.1. The molecule has 1 amide bonds. The van der Waals surface area contributed by atoms with Gasteiger partial charge in [0.15, 0.2) is 0 Å². The van der Waals surface area contributed by atoms with Crippen LogP contribution in [0.5, 0.6) is 0 Å². The first-order chi connectivity index (χ1) is 11.1. The second kappa shape index (κ2) is 6.74. The van der Waals surface area contributed by atoms with Crippen LogP contribution < -0.4 is 5.32 Å². The van der Waals surface area contributed by atoms with Crippen molar-refractivity contribution in [3.05, 3.63) is 40.7 Å². The van der Waals surface area contributed by atoms with Gasteiger partial charge in [0, 0.05) is 12.7 Å². The van der Waals surface area contributed by atoms with Crippen LogP contribution in [-0.2, 0) is 14.8 Å². The molecule has 2 N–H and O–H groups in total. The van der Waals surface area contributed by atoms with Gasteiger partial charge in [0.2, 0.25) is 15.9 Å². The number of aromatic amines is 1. The molecule has 0 saturated heterocycles. The number of nitrogens with one attached hydrogen (secondary N) is 2. The number of amides is 1. The molecule has 7 nitrogen and oxygen atoms in total. The van der Waals surface area contributed by atoms with E-state index in [1.165, 1.54) is 7.05 Å². The van der Waals surface area contributed by atoms with E-state index in [0.29, 0.717) is 17.1 Å². The van der Waals surface area contributed by atoms with Gasteiger partial charge < -0.3 is 5.32 Å². The molecule has 0 aliphatic carbocycles. The molecule has 24 heavy (non-hydrogen) atoms. The van der Waals surface area contributed by atoms with E-state index in [2.05, 4.69) is 15.5 Å². The summed E-state index contributed by atoms with van der Waals surface area (Å²) in [6.45, 7) is 6.78. The molecule has 1 aromatic heterocycles. The fraction of sp³-hybridized carbons (Fsp3) is 0.375. The van der Waals surface area contributed by atoms with Gasteiger partial charge in [0.25, 0.3) is 0 Å². The molecule has 8 heteroatoms. The normalized spacial score (nSPS) is 11.8. The molecule has 0 unspecified atom stereocenters. The Morgan fingerprint density at radius 1 is 1.25 bits per heavy atom. The van der Waals surface area contributed by atoms with E-state index in [0.717, 1.165) is 15.4 Å². The standard InChI is InChI=1S/C16H22N4O3S/c1-10-6-7-11(2)14(8-10)17-15(21)9-20(5)24(22,23)16-12(3)18-19-13(16)4/h6-8H,9H2,1-5H3,(H,17,21)(H,18,19). The number of hydrogen-bond acceptors (Lipinski definition) is 4. The van der Waals surface area contributed by atoms with E-state index in [4.69, 9.17) is 0 Å². The molecule has 130 valence electrons. The first kappa shape index (κ1) is 18.2. The van der Waals surface area contributed by atoms with Gasteiger partial charge in [-0.1, -0.05) is 12.1 Å². The van der Waals surface area contributed by atoms with Gasteiger partial charge in [-0.2, -0.15) is 9.40 Å². The number of nitrogens with zero attached hydrogens (tertiary/aromatic N) is 2. The summed E-state index contributed by atoms with van der Waals surface area (Å²) >= 11 is 0. The van der Waals surface area contributed by atoms with Crippen molar-refractivity contribution < 1.29 is 13.2 Å². The summed E-state index contributed by atoms with van der Waals surface area (Å²) < 4.78 is 26.3. The van der Waals surface area contributed by atoms with E-state index in [-0.39, 0.29) is 11.4 Å². The zero-order valence-corrected chi connectivity index (χ0v) is 15.3. The van der Waals surface area contributed by atoms with Gasteiger partial charge in [0.05, 0.1) is 17.9 Å². The molecule has 0 spiro atoms. The second-order valence-electron chi connectivity index (χ2n) is 5.89. The van der Waals surface area contributed by atoms with Gasteiger partial charge in [0.1, 0.15) is 4.90 Å². The highest BCUT2D eigenvalue weighted by molar-refractivity contribution is 7.89. The summed E-state index contributed by atoms with van der Waals surface area (Å²) in [6, 6.07) is 5.71. The van der Waals surface area contributed by atoms with E-state index < -0.39 is 15.9 Å². The van der Waals surface area contributed by atoms with Crippen molar-refractivity contribution in [3.8, 4) is 0 Å². The number of anilines is 1. The average molecular weight is 350 g/mol. The lowest BCUT2D eigenvalue weighted by Crippen LogP contribution is -2.35. The Labute approximate surface area is 142 Å². The van der Waals surface area contributed by atoms with Crippen LogP contribution in [0.25, 0.3) is 0 Å². The number of benzene rings is 1. The SMILES string of the molecule is Cc1ccc(C)c(NC(=O)CN(C)S(=O)(=O)c2c(C)n[nH]c2C)c1. The average Bonchev–Trinajstić information content (AvgIpc) is 2.82. The first-order valence-electron chi connectivity index (χ1n) is 7.48. The molecular weight excluding hydrogens is 328 g/mol. The Balaban J connectivity index is 2.15. The van der Waals surface area contributed by atoms with Crippen LogP contribution in [0.1, 0.15) is 22.5 Å². The molecule has 1 aromatic carbocycles. The van der Waals surface area contributed by atoms with Gasteiger partial charge >= 0.3 is 0 Å². The molecule has 0 fully saturated rings. The van der Waals surface area contributed by atoms with E-state index in [9.17, 15) is 13.2 Å². The van der Waals surface area contributed by atoms with Crippen molar-refractivity contribution in [2.24, 2.45) is 0 Å². The fourth-order valence-electron chi connectivity index (χ4n) is 2.42. The number of sulfonamides is 1. The van der Waals surface area contributed by atoms with Crippen molar-refractivity contribution in [3.63, 3.8) is 0 Å². The molecule has 0 radical (unpaired) electrons. The van der Waals surface area contributed by atoms with E-state index >= 15 is 0 Å². The number of aryl methyl sites for hydroxylation is 4. The minimum atomic E-state index is -3.78. The minimum Gasteiger partial charge on any atom is -0.325 e. The van der Waals surface area contributed by atoms with E-state index in [1.54, 1.807) is 13.8 Å². The zero-order chi connectivity index (χ0) is 18.1. The Morgan fingerprint density at radius 2 is 1.92 bits per heavy atom. The highest BCUT2D eigenvalue weighted by Crippen LogP contribution is 2.21. The lowest BCUT2D eigenvalue weighted by molar-refractivity contribution is -0.116. The molecule has 0 aliphatic rings. The Bertz CT molecular complexity index is 852. The molecule has 2 rings (SSSR count). The zero-order valence-electron chi connectivity index (χ0n) is 14.5. The third-order valence-corrected chi connectivity index (χ3v) is 5.83. The molecular formula is C16H22N4O3S. The van der Waals surface area contributed by atoms with Gasteiger partial charge in [-0.25, -0.2) is 8.42 Å². The van der Waals surface area contributed by atoms with E-state index in [1.807, 2.05) is 32.0 Å². The monoisotopic (exact) mass is 350 g/mol.